The minimum atomic E-state index is -0.627. The predicted molar refractivity (Wildman–Crippen MR) is 112 cm³/mol. The third-order valence-electron chi connectivity index (χ3n) is 4.63. The maximum Gasteiger partial charge on any atom is 0.0719 e. The lowest BCUT2D eigenvalue weighted by molar-refractivity contribution is 0.864. The van der Waals surface area contributed by atoms with E-state index in [1.165, 1.54) is 29.6 Å². The first-order valence-corrected chi connectivity index (χ1v) is 9.95. The third kappa shape index (κ3) is 2.30. The molecule has 0 unspecified atom stereocenters. The van der Waals surface area contributed by atoms with E-state index in [4.69, 9.17) is 1.37 Å². The summed E-state index contributed by atoms with van der Waals surface area (Å²) in [4.78, 5) is 4.62. The van der Waals surface area contributed by atoms with Gasteiger partial charge < -0.3 is 0 Å². The number of hydrogen-bond donors (Lipinski definition) is 0. The van der Waals surface area contributed by atoms with Crippen LogP contribution in [-0.4, -0.2) is 4.98 Å². The molecule has 0 atom stereocenters. The molecule has 0 spiro atoms. The molecule has 0 bridgehead atoms. The molecule has 0 amide bonds. The first kappa shape index (κ1) is 14.0. The highest BCUT2D eigenvalue weighted by atomic mass is 32.1. The van der Waals surface area contributed by atoms with Gasteiger partial charge in [-0.3, -0.25) is 4.98 Å². The largest absolute Gasteiger partial charge is 0.256 e. The van der Waals surface area contributed by atoms with E-state index in [9.17, 15) is 0 Å². The fourth-order valence-electron chi connectivity index (χ4n) is 3.32. The Balaban J connectivity index is 1.80. The number of fused-ring (bicyclic) bond motifs is 5. The molecule has 0 aliphatic heterocycles. The molecule has 5 aromatic rings. The zero-order valence-corrected chi connectivity index (χ0v) is 15.7. The van der Waals surface area contributed by atoms with Gasteiger partial charge in [-0.25, -0.2) is 0 Å². The van der Waals surface area contributed by atoms with Crippen molar-refractivity contribution >= 4 is 52.2 Å². The molecule has 5 rings (SSSR count). The number of pyridine rings is 1. The highest BCUT2D eigenvalue weighted by Gasteiger charge is 2.15. The normalized spacial score (nSPS) is 13.0. The molecule has 0 aliphatic rings. The van der Waals surface area contributed by atoms with Crippen molar-refractivity contribution in [2.24, 2.45) is 0 Å². The zero-order chi connectivity index (χ0) is 17.9. The van der Waals surface area contributed by atoms with Gasteiger partial charge >= 0.3 is 0 Å². The van der Waals surface area contributed by atoms with E-state index in [1.807, 2.05) is 48.8 Å². The van der Waals surface area contributed by atoms with Crippen molar-refractivity contribution in [2.45, 2.75) is 19.7 Å². The van der Waals surface area contributed by atoms with Crippen molar-refractivity contribution in [3.63, 3.8) is 0 Å². The summed E-state index contributed by atoms with van der Waals surface area (Å²) in [6.45, 7) is 3.83. The molecule has 3 heteroatoms. The number of aromatic nitrogens is 1. The number of rotatable bonds is 2. The summed E-state index contributed by atoms with van der Waals surface area (Å²) in [7, 11) is 0. The molecule has 0 aliphatic carbocycles. The lowest BCUT2D eigenvalue weighted by Crippen LogP contribution is -1.90. The molecule has 0 fully saturated rings. The highest BCUT2D eigenvalue weighted by Crippen LogP contribution is 2.46. The second kappa shape index (κ2) is 5.65. The van der Waals surface area contributed by atoms with Crippen LogP contribution in [0, 0.1) is 0 Å². The molecular weight excluding hydrogens is 342 g/mol. The summed E-state index contributed by atoms with van der Waals surface area (Å²) < 4.78 is 13.7. The van der Waals surface area contributed by atoms with Gasteiger partial charge in [0.25, 0.3) is 0 Å². The van der Waals surface area contributed by atoms with Crippen LogP contribution in [0.15, 0.2) is 60.8 Å². The van der Waals surface area contributed by atoms with E-state index in [1.54, 1.807) is 0 Å². The van der Waals surface area contributed by atoms with Crippen LogP contribution in [0.3, 0.4) is 0 Å². The lowest BCUT2D eigenvalue weighted by atomic mass is 10.0. The van der Waals surface area contributed by atoms with Gasteiger partial charge in [0.2, 0.25) is 0 Å². The third-order valence-corrected chi connectivity index (χ3v) is 7.23. The van der Waals surface area contributed by atoms with Crippen LogP contribution in [0.2, 0.25) is 0 Å². The molecule has 3 aromatic heterocycles. The Labute approximate surface area is 156 Å². The van der Waals surface area contributed by atoms with Gasteiger partial charge in [-0.05, 0) is 29.7 Å². The summed E-state index contributed by atoms with van der Waals surface area (Å²) in [5.41, 5.74) is 3.10. The Morgan fingerprint density at radius 1 is 0.880 bits per heavy atom. The molecule has 0 saturated carbocycles. The van der Waals surface area contributed by atoms with Crippen molar-refractivity contribution in [3.05, 3.63) is 66.4 Å². The predicted octanol–water partition coefficient (Wildman–Crippen LogP) is 7.45. The Morgan fingerprint density at radius 3 is 2.56 bits per heavy atom. The Kier molecular flexibility index (Phi) is 3.16. The maximum absolute atomic E-state index is 8.32. The summed E-state index contributed by atoms with van der Waals surface area (Å²) in [5.74, 6) is -0.627. The highest BCUT2D eigenvalue weighted by molar-refractivity contribution is 7.36. The van der Waals surface area contributed by atoms with Crippen molar-refractivity contribution in [2.75, 3.05) is 0 Å². The van der Waals surface area contributed by atoms with E-state index >= 15 is 0 Å². The van der Waals surface area contributed by atoms with Gasteiger partial charge in [-0.15, -0.1) is 22.7 Å². The summed E-state index contributed by atoms with van der Waals surface area (Å²) in [6.07, 6.45) is 1.82. The first-order valence-electron chi connectivity index (χ1n) is 8.82. The van der Waals surface area contributed by atoms with Crippen LogP contribution in [0.5, 0.6) is 0 Å². The number of hydrogen-bond acceptors (Lipinski definition) is 3. The average Bonchev–Trinajstić information content (AvgIpc) is 3.17. The van der Waals surface area contributed by atoms with Crippen molar-refractivity contribution < 1.29 is 1.37 Å². The van der Waals surface area contributed by atoms with Gasteiger partial charge in [-0.1, -0.05) is 50.2 Å². The standard InChI is InChI=1S/C22H17NS2/c1-13(2)14-10-11-23-18(12-14)15-7-5-8-17-20(15)25-21-16-6-3-4-9-19(16)24-22(17)21/h3-13H,1-2H3/i13D. The fourth-order valence-corrected chi connectivity index (χ4v) is 6.08. The quantitative estimate of drug-likeness (QED) is 0.318. The molecule has 0 radical (unpaired) electrons. The van der Waals surface area contributed by atoms with E-state index in [0.717, 1.165) is 16.8 Å². The van der Waals surface area contributed by atoms with Gasteiger partial charge in [0.1, 0.15) is 0 Å². The monoisotopic (exact) mass is 360 g/mol. The zero-order valence-electron chi connectivity index (χ0n) is 15.0. The molecule has 25 heavy (non-hydrogen) atoms. The minimum Gasteiger partial charge on any atom is -0.256 e. The lowest BCUT2D eigenvalue weighted by Gasteiger charge is -2.08. The fraction of sp³-hybridized carbons (Fsp3) is 0.136. The smallest absolute Gasteiger partial charge is 0.0719 e. The van der Waals surface area contributed by atoms with Crippen LogP contribution in [0.1, 0.15) is 26.7 Å². The van der Waals surface area contributed by atoms with Gasteiger partial charge in [0.05, 0.1) is 15.1 Å². The van der Waals surface area contributed by atoms with E-state index in [0.29, 0.717) is 0 Å². The minimum absolute atomic E-state index is 0.627. The summed E-state index contributed by atoms with van der Waals surface area (Å²) >= 11 is 3.73. The van der Waals surface area contributed by atoms with Crippen LogP contribution in [-0.2, 0) is 0 Å². The SMILES string of the molecule is [2H]C(C)(C)c1ccnc(-c2cccc3c2sc2c4ccccc4sc32)c1. The van der Waals surface area contributed by atoms with Gasteiger partial charge in [0, 0.05) is 33.3 Å². The molecule has 2 aromatic carbocycles. The molecular formula is C22H17NS2. The van der Waals surface area contributed by atoms with E-state index in [-0.39, 0.29) is 0 Å². The van der Waals surface area contributed by atoms with Crippen molar-refractivity contribution in [1.82, 2.24) is 4.98 Å². The van der Waals surface area contributed by atoms with Gasteiger partial charge in [0.15, 0.2) is 0 Å². The summed E-state index contributed by atoms with van der Waals surface area (Å²) in [6, 6.07) is 19.1. The Bertz CT molecular complexity index is 1270. The second-order valence-corrected chi connectivity index (χ2v) is 8.54. The molecule has 0 saturated heterocycles. The molecule has 0 N–H and O–H groups in total. The second-order valence-electron chi connectivity index (χ2n) is 6.47. The Hall–Kier alpha value is -2.23. The van der Waals surface area contributed by atoms with E-state index < -0.39 is 5.89 Å². The topological polar surface area (TPSA) is 12.9 Å². The molecule has 3 heterocycles. The summed E-state index contributed by atoms with van der Waals surface area (Å²) in [5, 5.41) is 2.65. The van der Waals surface area contributed by atoms with Crippen LogP contribution >= 0.6 is 22.7 Å². The van der Waals surface area contributed by atoms with Crippen LogP contribution < -0.4 is 0 Å². The van der Waals surface area contributed by atoms with Crippen LogP contribution in [0.25, 0.3) is 40.8 Å². The van der Waals surface area contributed by atoms with Crippen molar-refractivity contribution in [3.8, 4) is 11.3 Å². The maximum atomic E-state index is 8.32. The molecule has 122 valence electrons. The van der Waals surface area contributed by atoms with Gasteiger partial charge in [-0.2, -0.15) is 0 Å². The average molecular weight is 361 g/mol. The van der Waals surface area contributed by atoms with E-state index in [2.05, 4.69) is 53.5 Å². The number of benzene rings is 2. The van der Waals surface area contributed by atoms with Crippen LogP contribution in [0.4, 0.5) is 0 Å². The van der Waals surface area contributed by atoms with Crippen molar-refractivity contribution in [1.29, 1.82) is 0 Å². The first-order chi connectivity index (χ1) is 12.5. The number of nitrogens with zero attached hydrogens (tertiary/aromatic N) is 1. The number of thiophene rings is 2. The Morgan fingerprint density at radius 2 is 1.68 bits per heavy atom. The molecule has 1 nitrogen and oxygen atoms in total.